The van der Waals surface area contributed by atoms with Crippen molar-refractivity contribution in [3.05, 3.63) is 17.8 Å². The van der Waals surface area contributed by atoms with Crippen molar-refractivity contribution in [1.82, 2.24) is 14.8 Å². The molecule has 0 aliphatic carbocycles. The summed E-state index contributed by atoms with van der Waals surface area (Å²) in [5.74, 6) is 0.503. The Labute approximate surface area is 124 Å². The van der Waals surface area contributed by atoms with Crippen LogP contribution in [-0.4, -0.2) is 65.1 Å². The maximum Gasteiger partial charge on any atom is 0.276 e. The average molecular weight is 293 g/mol. The molecule has 0 saturated carbocycles. The second-order valence-electron chi connectivity index (χ2n) is 6.38. The van der Waals surface area contributed by atoms with Crippen molar-refractivity contribution in [2.45, 2.75) is 32.2 Å². The van der Waals surface area contributed by atoms with E-state index in [9.17, 15) is 9.90 Å². The number of aryl methyl sites for hydroxylation is 1. The molecule has 0 unspecified atom stereocenters. The molecule has 2 fully saturated rings. The van der Waals surface area contributed by atoms with Crippen molar-refractivity contribution < 1.29 is 14.3 Å². The zero-order valence-corrected chi connectivity index (χ0v) is 12.7. The summed E-state index contributed by atoms with van der Waals surface area (Å²) in [5.41, 5.74) is 0.354. The van der Waals surface area contributed by atoms with E-state index in [1.165, 1.54) is 6.39 Å². The molecule has 1 N–H and O–H groups in total. The molecule has 6 heteroatoms. The number of likely N-dealkylation sites (tertiary alicyclic amines) is 2. The second kappa shape index (κ2) is 5.42. The van der Waals surface area contributed by atoms with Gasteiger partial charge < -0.3 is 19.3 Å². The van der Waals surface area contributed by atoms with Crippen LogP contribution in [0.1, 0.15) is 35.5 Å². The average Bonchev–Trinajstić information content (AvgIpc) is 2.92. The quantitative estimate of drug-likeness (QED) is 0.877. The van der Waals surface area contributed by atoms with Gasteiger partial charge >= 0.3 is 0 Å². The molecule has 1 amide bonds. The monoisotopic (exact) mass is 293 g/mol. The zero-order valence-electron chi connectivity index (χ0n) is 12.7. The number of hydrogen-bond donors (Lipinski definition) is 1. The van der Waals surface area contributed by atoms with Gasteiger partial charge in [0.25, 0.3) is 5.91 Å². The van der Waals surface area contributed by atoms with Gasteiger partial charge in [-0.05, 0) is 39.8 Å². The van der Waals surface area contributed by atoms with Crippen LogP contribution in [0.2, 0.25) is 0 Å². The highest BCUT2D eigenvalue weighted by Crippen LogP contribution is 2.41. The van der Waals surface area contributed by atoms with Gasteiger partial charge in [-0.25, -0.2) is 4.98 Å². The second-order valence-corrected chi connectivity index (χ2v) is 6.38. The number of piperidine rings is 2. The number of amides is 1. The number of rotatable bonds is 2. The smallest absolute Gasteiger partial charge is 0.276 e. The molecule has 0 radical (unpaired) electrons. The van der Waals surface area contributed by atoms with Crippen LogP contribution in [0.5, 0.6) is 0 Å². The van der Waals surface area contributed by atoms with Crippen LogP contribution in [0.25, 0.3) is 0 Å². The molecule has 2 atom stereocenters. The van der Waals surface area contributed by atoms with E-state index < -0.39 is 0 Å². The summed E-state index contributed by atoms with van der Waals surface area (Å²) in [6.07, 6.45) is 4.33. The first-order valence-corrected chi connectivity index (χ1v) is 7.58. The summed E-state index contributed by atoms with van der Waals surface area (Å²) in [4.78, 5) is 20.7. The number of oxazole rings is 1. The first kappa shape index (κ1) is 14.5. The Hall–Kier alpha value is -1.40. The van der Waals surface area contributed by atoms with Gasteiger partial charge in [0.1, 0.15) is 5.76 Å². The Kier molecular flexibility index (Phi) is 3.75. The lowest BCUT2D eigenvalue weighted by Crippen LogP contribution is -2.62. The Morgan fingerprint density at radius 2 is 2.33 bits per heavy atom. The third-order valence-electron chi connectivity index (χ3n) is 5.25. The van der Waals surface area contributed by atoms with Crippen molar-refractivity contribution >= 4 is 5.91 Å². The van der Waals surface area contributed by atoms with Gasteiger partial charge in [0.2, 0.25) is 0 Å². The maximum atomic E-state index is 12.6. The summed E-state index contributed by atoms with van der Waals surface area (Å²) in [5, 5.41) is 9.89. The molecule has 3 rings (SSSR count). The van der Waals surface area contributed by atoms with Gasteiger partial charge in [-0.3, -0.25) is 4.79 Å². The van der Waals surface area contributed by atoms with Crippen LogP contribution in [-0.2, 0) is 0 Å². The van der Waals surface area contributed by atoms with Gasteiger partial charge in [0.05, 0.1) is 6.61 Å². The molecule has 0 bridgehead atoms. The van der Waals surface area contributed by atoms with E-state index in [-0.39, 0.29) is 24.0 Å². The maximum absolute atomic E-state index is 12.6. The minimum Gasteiger partial charge on any atom is -0.448 e. The molecule has 2 aliphatic rings. The largest absolute Gasteiger partial charge is 0.448 e. The van der Waals surface area contributed by atoms with Crippen molar-refractivity contribution in [3.8, 4) is 0 Å². The molecule has 1 aromatic rings. The predicted molar refractivity (Wildman–Crippen MR) is 76.9 cm³/mol. The number of likely N-dealkylation sites (N-methyl/N-ethyl adjacent to an activating group) is 1. The van der Waals surface area contributed by atoms with Crippen LogP contribution >= 0.6 is 0 Å². The number of carbonyl (C=O) groups excluding carboxylic acids is 1. The topological polar surface area (TPSA) is 69.8 Å². The molecule has 2 aliphatic heterocycles. The fourth-order valence-corrected chi connectivity index (χ4v) is 3.86. The van der Waals surface area contributed by atoms with E-state index in [0.717, 1.165) is 25.8 Å². The Morgan fingerprint density at radius 1 is 1.52 bits per heavy atom. The highest BCUT2D eigenvalue weighted by Gasteiger charge is 2.47. The van der Waals surface area contributed by atoms with E-state index in [4.69, 9.17) is 4.42 Å². The number of carbonyl (C=O) groups is 1. The molecular weight excluding hydrogens is 270 g/mol. The van der Waals surface area contributed by atoms with Crippen molar-refractivity contribution in [3.63, 3.8) is 0 Å². The first-order chi connectivity index (χ1) is 10.1. The molecule has 0 spiro atoms. The summed E-state index contributed by atoms with van der Waals surface area (Å²) in [6, 6.07) is 0.223. The van der Waals surface area contributed by atoms with Crippen molar-refractivity contribution in [2.24, 2.45) is 5.41 Å². The lowest BCUT2D eigenvalue weighted by atomic mass is 9.69. The predicted octanol–water partition coefficient (Wildman–Crippen LogP) is 0.902. The number of fused-ring (bicyclic) bond motifs is 1. The normalized spacial score (nSPS) is 30.2. The highest BCUT2D eigenvalue weighted by molar-refractivity contribution is 5.93. The van der Waals surface area contributed by atoms with Crippen molar-refractivity contribution in [1.29, 1.82) is 0 Å². The summed E-state index contributed by atoms with van der Waals surface area (Å²) in [6.45, 7) is 4.32. The number of hydrogen-bond acceptors (Lipinski definition) is 5. The number of nitrogens with zero attached hydrogens (tertiary/aromatic N) is 3. The Bertz CT molecular complexity index is 530. The third kappa shape index (κ3) is 2.36. The zero-order chi connectivity index (χ0) is 15.0. The minimum atomic E-state index is -0.0632. The van der Waals surface area contributed by atoms with Gasteiger partial charge in [-0.1, -0.05) is 0 Å². The highest BCUT2D eigenvalue weighted by atomic mass is 16.3. The van der Waals surface area contributed by atoms with E-state index in [0.29, 0.717) is 24.5 Å². The molecule has 116 valence electrons. The Morgan fingerprint density at radius 3 is 3.00 bits per heavy atom. The van der Waals surface area contributed by atoms with Crippen LogP contribution < -0.4 is 0 Å². The van der Waals surface area contributed by atoms with Crippen LogP contribution in [0.15, 0.2) is 10.8 Å². The molecule has 21 heavy (non-hydrogen) atoms. The number of aliphatic hydroxyl groups is 1. The van der Waals surface area contributed by atoms with E-state index in [1.807, 2.05) is 4.90 Å². The SMILES string of the molecule is Cc1ocnc1C(=O)N1CC[C@@]2(CO)CCCN(C)[C@@H]2C1. The standard InChI is InChI=1S/C15H23N3O3/c1-11-13(16-10-21-11)14(20)18-7-5-15(9-19)4-3-6-17(2)12(15)8-18/h10,12,19H,3-9H2,1-2H3/t12-,15-/m1/s1. The lowest BCUT2D eigenvalue weighted by Gasteiger charge is -2.53. The summed E-state index contributed by atoms with van der Waals surface area (Å²) >= 11 is 0. The number of aliphatic hydroxyl groups excluding tert-OH is 1. The fourth-order valence-electron chi connectivity index (χ4n) is 3.86. The van der Waals surface area contributed by atoms with Crippen molar-refractivity contribution in [2.75, 3.05) is 33.3 Å². The molecule has 3 heterocycles. The summed E-state index contributed by atoms with van der Waals surface area (Å²) < 4.78 is 5.14. The fraction of sp³-hybridized carbons (Fsp3) is 0.733. The number of aromatic nitrogens is 1. The van der Waals surface area contributed by atoms with Crippen LogP contribution in [0.3, 0.4) is 0 Å². The van der Waals surface area contributed by atoms with E-state index >= 15 is 0 Å². The van der Waals surface area contributed by atoms with Crippen LogP contribution in [0, 0.1) is 12.3 Å². The minimum absolute atomic E-state index is 0.0529. The molecule has 1 aromatic heterocycles. The van der Waals surface area contributed by atoms with E-state index in [1.54, 1.807) is 6.92 Å². The first-order valence-electron chi connectivity index (χ1n) is 7.58. The molecule has 6 nitrogen and oxygen atoms in total. The van der Waals surface area contributed by atoms with Gasteiger partial charge in [0, 0.05) is 24.5 Å². The third-order valence-corrected chi connectivity index (χ3v) is 5.25. The molecular formula is C15H23N3O3. The molecule has 0 aromatic carbocycles. The summed E-state index contributed by atoms with van der Waals surface area (Å²) in [7, 11) is 2.09. The Balaban J connectivity index is 1.80. The molecule has 2 saturated heterocycles. The van der Waals surface area contributed by atoms with Gasteiger partial charge in [-0.2, -0.15) is 0 Å². The lowest BCUT2D eigenvalue weighted by molar-refractivity contribution is -0.0602. The van der Waals surface area contributed by atoms with Gasteiger partial charge in [0.15, 0.2) is 12.1 Å². The van der Waals surface area contributed by atoms with Crippen LogP contribution in [0.4, 0.5) is 0 Å². The van der Waals surface area contributed by atoms with E-state index in [2.05, 4.69) is 16.9 Å². The van der Waals surface area contributed by atoms with Gasteiger partial charge in [-0.15, -0.1) is 0 Å².